The van der Waals surface area contributed by atoms with E-state index in [1.165, 1.54) is 0 Å². The van der Waals surface area contributed by atoms with E-state index in [4.69, 9.17) is 0 Å². The molecular formula is C10H21N3O2S. The van der Waals surface area contributed by atoms with Crippen LogP contribution in [0.3, 0.4) is 0 Å². The van der Waals surface area contributed by atoms with Crippen LogP contribution in [0.2, 0.25) is 0 Å². The predicted octanol–water partition coefficient (Wildman–Crippen LogP) is -0.638. The Morgan fingerprint density at radius 2 is 1.81 bits per heavy atom. The molecule has 0 amide bonds. The van der Waals surface area contributed by atoms with Gasteiger partial charge >= 0.3 is 0 Å². The van der Waals surface area contributed by atoms with Crippen LogP contribution in [-0.4, -0.2) is 56.7 Å². The minimum atomic E-state index is -3.10. The molecule has 2 rings (SSSR count). The van der Waals surface area contributed by atoms with Gasteiger partial charge in [-0.1, -0.05) is 0 Å². The van der Waals surface area contributed by atoms with Gasteiger partial charge in [0.25, 0.3) is 0 Å². The molecule has 0 saturated carbocycles. The summed E-state index contributed by atoms with van der Waals surface area (Å²) in [4.78, 5) is 0. The smallest absolute Gasteiger partial charge is 0.218 e. The van der Waals surface area contributed by atoms with Gasteiger partial charge in [0, 0.05) is 25.7 Å². The van der Waals surface area contributed by atoms with E-state index < -0.39 is 10.0 Å². The lowest BCUT2D eigenvalue weighted by Gasteiger charge is -2.33. The van der Waals surface area contributed by atoms with E-state index >= 15 is 0 Å². The highest BCUT2D eigenvalue weighted by molar-refractivity contribution is 7.89. The molecule has 0 aromatic heterocycles. The van der Waals surface area contributed by atoms with Crippen molar-refractivity contribution in [3.63, 3.8) is 0 Å². The van der Waals surface area contributed by atoms with Crippen LogP contribution in [0.15, 0.2) is 0 Å². The van der Waals surface area contributed by atoms with Crippen molar-refractivity contribution in [1.29, 1.82) is 0 Å². The third-order valence-corrected chi connectivity index (χ3v) is 5.81. The molecule has 0 bridgehead atoms. The molecule has 0 aromatic carbocycles. The van der Waals surface area contributed by atoms with Gasteiger partial charge in [-0.05, 0) is 32.9 Å². The average molecular weight is 247 g/mol. The highest BCUT2D eigenvalue weighted by Gasteiger charge is 2.35. The Balaban J connectivity index is 2.16. The van der Waals surface area contributed by atoms with Gasteiger partial charge < -0.3 is 10.6 Å². The standard InChI is InChI=1S/C10H21N3O2S/c1-9-8-12-6-7-13(16(9,14)15)10-2-4-11-5-3-10/h9-12H,2-8H2,1H3. The molecule has 6 heteroatoms. The summed E-state index contributed by atoms with van der Waals surface area (Å²) >= 11 is 0. The third kappa shape index (κ3) is 2.40. The topological polar surface area (TPSA) is 61.4 Å². The van der Waals surface area contributed by atoms with E-state index in [0.717, 1.165) is 32.5 Å². The van der Waals surface area contributed by atoms with Crippen molar-refractivity contribution >= 4 is 10.0 Å². The monoisotopic (exact) mass is 247 g/mol. The van der Waals surface area contributed by atoms with E-state index in [0.29, 0.717) is 13.1 Å². The van der Waals surface area contributed by atoms with Crippen LogP contribution in [0.5, 0.6) is 0 Å². The summed E-state index contributed by atoms with van der Waals surface area (Å²) in [6, 6.07) is 0.202. The number of rotatable bonds is 1. The second-order valence-corrected chi connectivity index (χ2v) is 6.96. The lowest BCUT2D eigenvalue weighted by Crippen LogP contribution is -2.48. The Hall–Kier alpha value is -0.170. The molecule has 94 valence electrons. The summed E-state index contributed by atoms with van der Waals surface area (Å²) in [6.45, 7) is 5.62. The molecule has 0 spiro atoms. The number of sulfonamides is 1. The molecule has 0 aliphatic carbocycles. The number of hydrogen-bond acceptors (Lipinski definition) is 4. The van der Waals surface area contributed by atoms with Gasteiger partial charge in [0.05, 0.1) is 5.25 Å². The summed E-state index contributed by atoms with van der Waals surface area (Å²) < 4.78 is 26.3. The van der Waals surface area contributed by atoms with Crippen LogP contribution >= 0.6 is 0 Å². The quantitative estimate of drug-likeness (QED) is 0.647. The van der Waals surface area contributed by atoms with E-state index in [-0.39, 0.29) is 11.3 Å². The fourth-order valence-corrected chi connectivity index (χ4v) is 4.21. The van der Waals surface area contributed by atoms with E-state index in [1.807, 2.05) is 0 Å². The molecule has 2 N–H and O–H groups in total. The fourth-order valence-electron chi connectivity index (χ4n) is 2.44. The van der Waals surface area contributed by atoms with Gasteiger partial charge in [-0.15, -0.1) is 0 Å². The van der Waals surface area contributed by atoms with Crippen molar-refractivity contribution in [2.24, 2.45) is 0 Å². The lowest BCUT2D eigenvalue weighted by atomic mass is 10.1. The average Bonchev–Trinajstić information content (AvgIpc) is 2.41. The Labute approximate surface area is 97.6 Å². The van der Waals surface area contributed by atoms with Crippen molar-refractivity contribution in [2.45, 2.75) is 31.1 Å². The van der Waals surface area contributed by atoms with Gasteiger partial charge in [0.2, 0.25) is 10.0 Å². The minimum absolute atomic E-state index is 0.202. The summed E-state index contributed by atoms with van der Waals surface area (Å²) in [6.07, 6.45) is 1.87. The molecule has 5 nitrogen and oxygen atoms in total. The molecule has 2 fully saturated rings. The molecule has 2 aliphatic heterocycles. The zero-order valence-corrected chi connectivity index (χ0v) is 10.6. The first-order valence-corrected chi connectivity index (χ1v) is 7.55. The summed E-state index contributed by atoms with van der Waals surface area (Å²) in [5.41, 5.74) is 0. The molecule has 1 unspecified atom stereocenters. The first kappa shape index (κ1) is 12.3. The molecule has 2 heterocycles. The summed E-state index contributed by atoms with van der Waals surface area (Å²) in [5.74, 6) is 0. The molecule has 16 heavy (non-hydrogen) atoms. The minimum Gasteiger partial charge on any atom is -0.317 e. The zero-order chi connectivity index (χ0) is 11.6. The van der Waals surface area contributed by atoms with Crippen molar-refractivity contribution < 1.29 is 8.42 Å². The molecule has 2 saturated heterocycles. The van der Waals surface area contributed by atoms with Gasteiger partial charge in [-0.3, -0.25) is 0 Å². The Morgan fingerprint density at radius 3 is 2.50 bits per heavy atom. The van der Waals surface area contributed by atoms with Crippen molar-refractivity contribution in [2.75, 3.05) is 32.7 Å². The highest BCUT2D eigenvalue weighted by Crippen LogP contribution is 2.20. The van der Waals surface area contributed by atoms with Gasteiger partial charge in [-0.2, -0.15) is 4.31 Å². The van der Waals surface area contributed by atoms with E-state index in [1.54, 1.807) is 11.2 Å². The van der Waals surface area contributed by atoms with Crippen LogP contribution in [0.1, 0.15) is 19.8 Å². The third-order valence-electron chi connectivity index (χ3n) is 3.49. The fraction of sp³-hybridized carbons (Fsp3) is 1.00. The predicted molar refractivity (Wildman–Crippen MR) is 63.8 cm³/mol. The number of nitrogens with one attached hydrogen (secondary N) is 2. The Kier molecular flexibility index (Phi) is 3.84. The first-order valence-electron chi connectivity index (χ1n) is 6.04. The Bertz CT molecular complexity index is 325. The van der Waals surface area contributed by atoms with Crippen LogP contribution in [0, 0.1) is 0 Å². The maximum absolute atomic E-state index is 12.3. The second kappa shape index (κ2) is 5.00. The van der Waals surface area contributed by atoms with Gasteiger partial charge in [0.15, 0.2) is 0 Å². The molecule has 2 aliphatic rings. The normalized spacial score (nSPS) is 33.4. The van der Waals surface area contributed by atoms with Crippen LogP contribution in [0.4, 0.5) is 0 Å². The van der Waals surface area contributed by atoms with Crippen molar-refractivity contribution in [1.82, 2.24) is 14.9 Å². The van der Waals surface area contributed by atoms with E-state index in [9.17, 15) is 8.42 Å². The summed E-state index contributed by atoms with van der Waals surface area (Å²) in [7, 11) is -3.10. The maximum Gasteiger partial charge on any atom is 0.218 e. The SMILES string of the molecule is CC1CNCCN(C2CCNCC2)S1(=O)=O. The second-order valence-electron chi connectivity index (χ2n) is 4.65. The largest absolute Gasteiger partial charge is 0.317 e. The summed E-state index contributed by atoms with van der Waals surface area (Å²) in [5, 5.41) is 6.16. The Morgan fingerprint density at radius 1 is 1.12 bits per heavy atom. The highest BCUT2D eigenvalue weighted by atomic mass is 32.2. The molecular weight excluding hydrogens is 226 g/mol. The number of nitrogens with zero attached hydrogens (tertiary/aromatic N) is 1. The first-order chi connectivity index (χ1) is 7.62. The van der Waals surface area contributed by atoms with Gasteiger partial charge in [0.1, 0.15) is 0 Å². The van der Waals surface area contributed by atoms with Crippen molar-refractivity contribution in [3.8, 4) is 0 Å². The number of hydrogen-bond donors (Lipinski definition) is 2. The van der Waals surface area contributed by atoms with E-state index in [2.05, 4.69) is 10.6 Å². The molecule has 0 aromatic rings. The number of piperidine rings is 1. The molecule has 1 atom stereocenters. The van der Waals surface area contributed by atoms with Gasteiger partial charge in [-0.25, -0.2) is 8.42 Å². The van der Waals surface area contributed by atoms with Crippen molar-refractivity contribution in [3.05, 3.63) is 0 Å². The van der Waals surface area contributed by atoms with Crippen LogP contribution in [0.25, 0.3) is 0 Å². The van der Waals surface area contributed by atoms with Crippen LogP contribution in [-0.2, 0) is 10.0 Å². The lowest BCUT2D eigenvalue weighted by molar-refractivity contribution is 0.266. The molecule has 0 radical (unpaired) electrons. The zero-order valence-electron chi connectivity index (χ0n) is 9.78. The maximum atomic E-state index is 12.3. The van der Waals surface area contributed by atoms with Crippen LogP contribution < -0.4 is 10.6 Å².